The van der Waals surface area contributed by atoms with E-state index in [-0.39, 0.29) is 22.5 Å². The largest absolute Gasteiger partial charge is 0.478 e. The Morgan fingerprint density at radius 2 is 0.885 bits per heavy atom. The molecule has 15 heteroatoms. The molecule has 3 heterocycles. The molecule has 0 radical (unpaired) electrons. The van der Waals surface area contributed by atoms with Crippen LogP contribution in [0.2, 0.25) is 0 Å². The number of rotatable bonds is 15. The van der Waals surface area contributed by atoms with E-state index in [0.717, 1.165) is 107 Å². The van der Waals surface area contributed by atoms with E-state index < -0.39 is 29.5 Å². The van der Waals surface area contributed by atoms with Gasteiger partial charge in [-0.25, -0.2) is 33.1 Å². The Morgan fingerprint density at radius 1 is 0.462 bits per heavy atom. The zero-order chi connectivity index (χ0) is 54.3. The van der Waals surface area contributed by atoms with Crippen LogP contribution in [0.25, 0.3) is 33.8 Å². The van der Waals surface area contributed by atoms with Crippen LogP contribution in [0.1, 0.15) is 110 Å². The molecule has 3 aromatic heterocycles. The van der Waals surface area contributed by atoms with Crippen molar-refractivity contribution in [2.24, 2.45) is 0 Å². The molecule has 3 aliphatic carbocycles. The third kappa shape index (κ3) is 12.7. The summed E-state index contributed by atoms with van der Waals surface area (Å²) in [4.78, 5) is 51.7. The van der Waals surface area contributed by atoms with Gasteiger partial charge in [-0.1, -0.05) is 84.9 Å². The number of carboxylic acids is 3. The normalized spacial score (nSPS) is 13.4. The molecule has 12 rings (SSSR count). The second-order valence-electron chi connectivity index (χ2n) is 19.5. The first-order chi connectivity index (χ1) is 37.8. The van der Waals surface area contributed by atoms with E-state index in [1.54, 1.807) is 42.9 Å². The Balaban J connectivity index is 0.000000135. The molecule has 3 aliphatic rings. The van der Waals surface area contributed by atoms with Gasteiger partial charge < -0.3 is 31.3 Å². The number of nitrogens with zero attached hydrogens (tertiary/aromatic N) is 4. The Kier molecular flexibility index (Phi) is 15.3. The monoisotopic (exact) mass is 1040 g/mol. The van der Waals surface area contributed by atoms with E-state index in [1.165, 1.54) is 18.5 Å². The van der Waals surface area contributed by atoms with Crippen molar-refractivity contribution in [2.45, 2.75) is 63.2 Å². The molecule has 13 nitrogen and oxygen atoms in total. The first-order valence-electron chi connectivity index (χ1n) is 25.6. The number of carboxylic acid groups (broad SMARTS) is 3. The van der Waals surface area contributed by atoms with Crippen LogP contribution >= 0.6 is 0 Å². The van der Waals surface area contributed by atoms with Gasteiger partial charge in [-0.2, -0.15) is 0 Å². The smallest absolute Gasteiger partial charge is 0.337 e. The maximum Gasteiger partial charge on any atom is 0.337 e. The van der Waals surface area contributed by atoms with E-state index >= 15 is 0 Å². The number of hydrogen-bond donors (Lipinski definition) is 6. The van der Waals surface area contributed by atoms with Gasteiger partial charge in [0.2, 0.25) is 0 Å². The Morgan fingerprint density at radius 3 is 1.32 bits per heavy atom. The summed E-state index contributed by atoms with van der Waals surface area (Å²) in [5.41, 5.74) is 12.2. The average molecular weight is 1040 g/mol. The van der Waals surface area contributed by atoms with Crippen molar-refractivity contribution in [1.29, 1.82) is 0 Å². The van der Waals surface area contributed by atoms with Crippen molar-refractivity contribution < 1.29 is 38.5 Å². The molecule has 0 bridgehead atoms. The molecule has 0 amide bonds. The molecule has 0 atom stereocenters. The van der Waals surface area contributed by atoms with Crippen molar-refractivity contribution in [1.82, 2.24) is 19.9 Å². The number of nitrogens with one attached hydrogen (secondary N) is 3. The summed E-state index contributed by atoms with van der Waals surface area (Å²) in [6.45, 7) is 1.95. The third-order valence-electron chi connectivity index (χ3n) is 13.5. The van der Waals surface area contributed by atoms with E-state index in [2.05, 4.69) is 43.0 Å². The fraction of sp³-hybridized carbons (Fsp3) is 0.159. The highest BCUT2D eigenvalue weighted by atomic mass is 19.1. The van der Waals surface area contributed by atoms with Crippen LogP contribution in [0.5, 0.6) is 0 Å². The van der Waals surface area contributed by atoms with Crippen LogP contribution in [-0.2, 0) is 0 Å². The highest BCUT2D eigenvalue weighted by molar-refractivity contribution is 5.97. The quantitative estimate of drug-likeness (QED) is 0.0567. The van der Waals surface area contributed by atoms with Gasteiger partial charge in [0, 0.05) is 17.3 Å². The summed E-state index contributed by atoms with van der Waals surface area (Å²) >= 11 is 0. The number of hydrogen-bond acceptors (Lipinski definition) is 10. The van der Waals surface area contributed by atoms with Crippen LogP contribution in [0.3, 0.4) is 0 Å². The minimum absolute atomic E-state index is 0.0845. The summed E-state index contributed by atoms with van der Waals surface area (Å²) in [5, 5.41) is 38.0. The van der Waals surface area contributed by atoms with Crippen LogP contribution in [-0.4, -0.2) is 53.2 Å². The van der Waals surface area contributed by atoms with E-state index in [1.807, 2.05) is 97.9 Å². The van der Waals surface area contributed by atoms with E-state index in [4.69, 9.17) is 4.98 Å². The Labute approximate surface area is 448 Å². The Bertz CT molecular complexity index is 3650. The number of halogens is 2. The molecule has 3 saturated carbocycles. The lowest BCUT2D eigenvalue weighted by molar-refractivity contribution is 0.0687. The SMILES string of the molecule is Cc1cncc(Nc2ccc(C3CC3)cc2C(=O)O)c1.O=C(O)c1cc(C2CC2)ccc1Nc1cnc(-c2c(F)cccc2F)nc1.O=C(O)c1cc(C2CC2)ccc1Nc1cnc(-c2ccccc2)c(-c2ccccc2)c1. The van der Waals surface area contributed by atoms with Crippen LogP contribution in [0, 0.1) is 18.6 Å². The molecule has 0 saturated heterocycles. The predicted octanol–water partition coefficient (Wildman–Crippen LogP) is 15.2. The third-order valence-corrected chi connectivity index (χ3v) is 13.5. The van der Waals surface area contributed by atoms with Gasteiger partial charge >= 0.3 is 17.9 Å². The number of benzene rings is 6. The molecular weight excluding hydrogens is 989 g/mol. The second kappa shape index (κ2) is 23.1. The first kappa shape index (κ1) is 51.8. The number of pyridine rings is 2. The number of aromatic nitrogens is 4. The van der Waals surface area contributed by atoms with Crippen molar-refractivity contribution in [2.75, 3.05) is 16.0 Å². The number of aromatic carboxylic acids is 3. The molecule has 390 valence electrons. The molecule has 6 aromatic carbocycles. The summed E-state index contributed by atoms with van der Waals surface area (Å²) in [7, 11) is 0. The molecule has 9 aromatic rings. The van der Waals surface area contributed by atoms with E-state index in [9.17, 15) is 38.5 Å². The molecular formula is C63H53F2N7O6. The van der Waals surface area contributed by atoms with Crippen molar-refractivity contribution in [3.63, 3.8) is 0 Å². The molecule has 0 unspecified atom stereocenters. The maximum absolute atomic E-state index is 13.8. The van der Waals surface area contributed by atoms with Crippen molar-refractivity contribution in [3.8, 4) is 33.8 Å². The van der Waals surface area contributed by atoms with Gasteiger partial charge in [0.15, 0.2) is 5.82 Å². The Hall–Kier alpha value is -9.63. The fourth-order valence-electron chi connectivity index (χ4n) is 9.08. The highest BCUT2D eigenvalue weighted by Gasteiger charge is 2.28. The van der Waals surface area contributed by atoms with Crippen molar-refractivity contribution >= 4 is 52.0 Å². The molecule has 0 spiro atoms. The first-order valence-corrected chi connectivity index (χ1v) is 25.6. The zero-order valence-corrected chi connectivity index (χ0v) is 42.3. The zero-order valence-electron chi connectivity index (χ0n) is 42.3. The van der Waals surface area contributed by atoms with Crippen LogP contribution in [0.4, 0.5) is 42.9 Å². The molecule has 3 fully saturated rings. The average Bonchev–Trinajstić information content (AvgIpc) is 4.32. The van der Waals surface area contributed by atoms with Crippen LogP contribution in [0.15, 0.2) is 177 Å². The second-order valence-corrected chi connectivity index (χ2v) is 19.5. The van der Waals surface area contributed by atoms with Gasteiger partial charge in [0.25, 0.3) is 0 Å². The molecule has 6 N–H and O–H groups in total. The molecule has 0 aliphatic heterocycles. The van der Waals surface area contributed by atoms with E-state index in [0.29, 0.717) is 46.1 Å². The summed E-state index contributed by atoms with van der Waals surface area (Å²) in [5.74, 6) is -2.97. The minimum Gasteiger partial charge on any atom is -0.478 e. The lowest BCUT2D eigenvalue weighted by atomic mass is 9.99. The maximum atomic E-state index is 13.8. The lowest BCUT2D eigenvalue weighted by Crippen LogP contribution is -2.04. The number of aryl methyl sites for hydroxylation is 1. The summed E-state index contributed by atoms with van der Waals surface area (Å²) < 4.78 is 27.7. The topological polar surface area (TPSA) is 200 Å². The lowest BCUT2D eigenvalue weighted by Gasteiger charge is -2.15. The number of anilines is 6. The van der Waals surface area contributed by atoms with Gasteiger partial charge in [-0.15, -0.1) is 0 Å². The fourth-order valence-corrected chi connectivity index (χ4v) is 9.08. The number of carbonyl (C=O) groups is 3. The standard InChI is InChI=1S/C27H22N2O2.C20H15F2N3O2.C16H16N2O2/c30-27(31)24-15-21(18-11-12-18)13-14-25(24)29-22-16-23(19-7-3-1-4-8-19)26(28-17-22)20-9-5-2-6-10-20;21-15-2-1-3-16(22)18(15)19-23-9-13(10-24-19)25-17-7-6-12(11-4-5-11)8-14(17)20(26)27;1-10-6-13(9-17-8-10)18-15-5-4-12(11-2-3-11)7-14(15)16(19)20/h1-10,13-18,29H,11-12H2,(H,30,31);1-3,6-11,25H,4-5H2,(H,26,27);4-9,11,18H,2-3H2,1H3,(H,19,20). The van der Waals surface area contributed by atoms with Crippen LogP contribution < -0.4 is 16.0 Å². The van der Waals surface area contributed by atoms with Gasteiger partial charge in [-0.3, -0.25) is 9.97 Å². The molecule has 78 heavy (non-hydrogen) atoms. The van der Waals surface area contributed by atoms with Gasteiger partial charge in [0.1, 0.15) is 11.6 Å². The van der Waals surface area contributed by atoms with Crippen molar-refractivity contribution in [3.05, 3.63) is 227 Å². The summed E-state index contributed by atoms with van der Waals surface area (Å²) in [6, 6.07) is 44.3. The predicted molar refractivity (Wildman–Crippen MR) is 297 cm³/mol. The van der Waals surface area contributed by atoms with Gasteiger partial charge in [-0.05, 0) is 152 Å². The summed E-state index contributed by atoms with van der Waals surface area (Å²) in [6.07, 6.45) is 14.7. The highest BCUT2D eigenvalue weighted by Crippen LogP contribution is 2.44. The van der Waals surface area contributed by atoms with Gasteiger partial charge in [0.05, 0.1) is 86.9 Å². The minimum atomic E-state index is -1.04.